The molecule has 2 unspecified atom stereocenters. The van der Waals surface area contributed by atoms with Crippen LogP contribution in [0, 0.1) is 30.1 Å². The Balaban J connectivity index is -0.000000225. The van der Waals surface area contributed by atoms with Gasteiger partial charge in [-0.05, 0) is 30.6 Å². The molecular formula is C32H65FN4O4. The molecule has 2 atom stereocenters. The Hall–Kier alpha value is -2.28. The van der Waals surface area contributed by atoms with Crippen molar-refractivity contribution in [1.29, 1.82) is 0 Å². The van der Waals surface area contributed by atoms with Crippen LogP contribution in [-0.2, 0) is 19.2 Å². The van der Waals surface area contributed by atoms with Crippen molar-refractivity contribution in [1.82, 2.24) is 16.8 Å². The number of nitrogens with one attached hydrogen (secondary N) is 1. The van der Waals surface area contributed by atoms with Crippen LogP contribution in [0.5, 0.6) is 0 Å². The molecule has 0 aromatic carbocycles. The zero-order valence-electron chi connectivity index (χ0n) is 27.8. The number of aldehydes is 1. The molecule has 0 spiro atoms. The summed E-state index contributed by atoms with van der Waals surface area (Å²) >= 11 is 0. The first-order chi connectivity index (χ1) is 18.9. The number of carbonyl (C=O) groups is 3. The van der Waals surface area contributed by atoms with Crippen molar-refractivity contribution < 1.29 is 23.7 Å². The van der Waals surface area contributed by atoms with Gasteiger partial charge < -0.3 is 26.8 Å². The summed E-state index contributed by atoms with van der Waals surface area (Å²) in [7, 11) is 0. The molecule has 0 bridgehead atoms. The van der Waals surface area contributed by atoms with E-state index in [0.717, 1.165) is 57.7 Å². The zero-order chi connectivity index (χ0) is 32.1. The molecule has 1 rings (SSSR count). The second-order valence-corrected chi connectivity index (χ2v) is 10.7. The van der Waals surface area contributed by atoms with Crippen LogP contribution in [0.2, 0.25) is 0 Å². The van der Waals surface area contributed by atoms with Gasteiger partial charge in [-0.25, -0.2) is 4.79 Å². The maximum atomic E-state index is 13.4. The summed E-state index contributed by atoms with van der Waals surface area (Å²) in [5.74, 6) is -0.535. The Kier molecular flexibility index (Phi) is 38.1. The molecule has 1 fully saturated rings. The summed E-state index contributed by atoms with van der Waals surface area (Å²) < 4.78 is 13.4. The van der Waals surface area contributed by atoms with Crippen LogP contribution >= 0.6 is 0 Å². The molecule has 0 saturated heterocycles. The molecule has 1 saturated carbocycles. The second-order valence-electron chi connectivity index (χ2n) is 10.7. The van der Waals surface area contributed by atoms with Crippen LogP contribution in [0.15, 0.2) is 12.7 Å². The Morgan fingerprint density at radius 2 is 1.54 bits per heavy atom. The second kappa shape index (κ2) is 32.2. The Bertz CT molecular complexity index is 641. The van der Waals surface area contributed by atoms with Crippen molar-refractivity contribution in [2.45, 2.75) is 139 Å². The monoisotopic (exact) mass is 588 g/mol. The van der Waals surface area contributed by atoms with Crippen molar-refractivity contribution in [3.8, 4) is 12.8 Å². The van der Waals surface area contributed by atoms with Crippen LogP contribution in [0.4, 0.5) is 4.48 Å². The number of hydrogen-bond donors (Lipinski definition) is 3. The molecule has 8 nitrogen and oxygen atoms in total. The smallest absolute Gasteiger partial charge is 0.344 e. The lowest BCUT2D eigenvalue weighted by Crippen LogP contribution is -2.46. The van der Waals surface area contributed by atoms with Gasteiger partial charge >= 0.3 is 5.97 Å². The molecule has 1 aliphatic rings. The van der Waals surface area contributed by atoms with Crippen molar-refractivity contribution in [3.05, 3.63) is 12.7 Å². The third kappa shape index (κ3) is 30.5. The SMILES string of the molecule is C#C.C=CCN(F)OC(=O)C(CC1CC1)NC(=O)C(CCCC)CCCC.CC.CC(C)(C)C(N)C=O.CCC.N. The van der Waals surface area contributed by atoms with Crippen molar-refractivity contribution in [2.24, 2.45) is 23.0 Å². The number of rotatable bonds is 15. The van der Waals surface area contributed by atoms with Gasteiger partial charge in [0.15, 0.2) is 0 Å². The van der Waals surface area contributed by atoms with Crippen LogP contribution in [0.25, 0.3) is 0 Å². The molecule has 0 aromatic heterocycles. The highest BCUT2D eigenvalue weighted by molar-refractivity contribution is 5.85. The molecule has 244 valence electrons. The number of hydrogen-bond acceptors (Lipinski definition) is 7. The topological polar surface area (TPSA) is 137 Å². The van der Waals surface area contributed by atoms with E-state index in [1.54, 1.807) is 0 Å². The van der Waals surface area contributed by atoms with Gasteiger partial charge in [0, 0.05) is 11.2 Å². The van der Waals surface area contributed by atoms with Gasteiger partial charge in [-0.3, -0.25) is 4.79 Å². The number of terminal acetylenes is 1. The molecule has 0 aromatic rings. The molecule has 9 heteroatoms. The molecule has 0 heterocycles. The lowest BCUT2D eigenvalue weighted by molar-refractivity contribution is -0.259. The van der Waals surface area contributed by atoms with E-state index in [9.17, 15) is 18.9 Å². The molecule has 0 radical (unpaired) electrons. The third-order valence-corrected chi connectivity index (χ3v) is 5.66. The Morgan fingerprint density at radius 3 is 1.83 bits per heavy atom. The molecular weight excluding hydrogens is 523 g/mol. The first kappa shape index (κ1) is 48.5. The molecule has 0 aliphatic heterocycles. The lowest BCUT2D eigenvalue weighted by Gasteiger charge is -2.22. The van der Waals surface area contributed by atoms with Gasteiger partial charge in [0.1, 0.15) is 12.3 Å². The van der Waals surface area contributed by atoms with Crippen molar-refractivity contribution in [2.75, 3.05) is 6.54 Å². The average molecular weight is 589 g/mol. The van der Waals surface area contributed by atoms with E-state index < -0.39 is 12.0 Å². The highest BCUT2D eigenvalue weighted by Gasteiger charge is 2.33. The number of unbranched alkanes of at least 4 members (excludes halogenated alkanes) is 2. The largest absolute Gasteiger partial charge is 0.350 e. The number of carbonyl (C=O) groups excluding carboxylic acids is 3. The van der Waals surface area contributed by atoms with E-state index in [1.807, 2.05) is 34.6 Å². The van der Waals surface area contributed by atoms with Gasteiger partial charge in [0.25, 0.3) is 0 Å². The summed E-state index contributed by atoms with van der Waals surface area (Å²) in [4.78, 5) is 39.6. The minimum Gasteiger partial charge on any atom is -0.344 e. The predicted molar refractivity (Wildman–Crippen MR) is 172 cm³/mol. The first-order valence-electron chi connectivity index (χ1n) is 15.0. The van der Waals surface area contributed by atoms with E-state index in [1.165, 1.54) is 12.5 Å². The summed E-state index contributed by atoms with van der Waals surface area (Å²) in [6, 6.07) is -1.11. The van der Waals surface area contributed by atoms with Gasteiger partial charge in [0.2, 0.25) is 5.91 Å². The van der Waals surface area contributed by atoms with E-state index >= 15 is 0 Å². The van der Waals surface area contributed by atoms with E-state index in [4.69, 9.17) is 5.73 Å². The summed E-state index contributed by atoms with van der Waals surface area (Å²) in [5, 5.41) is 2.77. The van der Waals surface area contributed by atoms with Gasteiger partial charge in [-0.2, -0.15) is 0 Å². The predicted octanol–water partition coefficient (Wildman–Crippen LogP) is 7.51. The van der Waals surface area contributed by atoms with E-state index in [0.29, 0.717) is 12.3 Å². The number of nitrogens with two attached hydrogens (primary N) is 1. The average Bonchev–Trinajstić information content (AvgIpc) is 3.74. The fourth-order valence-corrected chi connectivity index (χ4v) is 3.00. The van der Waals surface area contributed by atoms with Crippen molar-refractivity contribution in [3.63, 3.8) is 0 Å². The summed E-state index contributed by atoms with van der Waals surface area (Å²) in [6.45, 7) is 21.4. The van der Waals surface area contributed by atoms with Gasteiger partial charge in [-0.15, -0.1) is 19.4 Å². The fraction of sp³-hybridized carbons (Fsp3) is 0.781. The number of hydroxylamine groups is 1. The van der Waals surface area contributed by atoms with Crippen LogP contribution in [-0.4, -0.2) is 42.1 Å². The molecule has 1 aliphatic carbocycles. The minimum absolute atomic E-state index is 0. The number of nitrogens with zero attached hydrogens (tertiary/aromatic N) is 1. The van der Waals surface area contributed by atoms with Crippen LogP contribution in [0.3, 0.4) is 0 Å². The van der Waals surface area contributed by atoms with Gasteiger partial charge in [-0.1, -0.05) is 118 Å². The molecule has 1 amide bonds. The number of amides is 1. The zero-order valence-corrected chi connectivity index (χ0v) is 27.8. The third-order valence-electron chi connectivity index (χ3n) is 5.66. The van der Waals surface area contributed by atoms with E-state index in [2.05, 4.69) is 57.3 Å². The first-order valence-corrected chi connectivity index (χ1v) is 15.0. The highest BCUT2D eigenvalue weighted by atomic mass is 19.2. The van der Waals surface area contributed by atoms with Crippen molar-refractivity contribution >= 4 is 18.2 Å². The molecule has 6 N–H and O–H groups in total. The quantitative estimate of drug-likeness (QED) is 0.0592. The lowest BCUT2D eigenvalue weighted by atomic mass is 9.89. The normalized spacial score (nSPS) is 13.0. The maximum Gasteiger partial charge on any atom is 0.350 e. The molecule has 41 heavy (non-hydrogen) atoms. The number of halogens is 1. The fourth-order valence-electron chi connectivity index (χ4n) is 3.00. The highest BCUT2D eigenvalue weighted by Crippen LogP contribution is 2.34. The Labute approximate surface area is 252 Å². The van der Waals surface area contributed by atoms with E-state index in [-0.39, 0.29) is 41.3 Å². The summed E-state index contributed by atoms with van der Waals surface area (Å²) in [5.41, 5.74) is 5.30. The van der Waals surface area contributed by atoms with Gasteiger partial charge in [0.05, 0.1) is 12.6 Å². The minimum atomic E-state index is -0.784. The summed E-state index contributed by atoms with van der Waals surface area (Å²) in [6.07, 6.45) is 19.6. The Morgan fingerprint density at radius 1 is 1.10 bits per heavy atom. The van der Waals surface area contributed by atoms with Crippen LogP contribution in [0.1, 0.15) is 127 Å². The van der Waals surface area contributed by atoms with Crippen LogP contribution < -0.4 is 17.2 Å². The standard InChI is InChI=1S/C19H33FN2O3.C6H13NO.C3H8.C2H6.C2H2.H3N/c1-4-7-9-16(10-8-5-2)18(23)21-17(14-15-11-12-15)19(24)25-22(20)13-6-3;1-6(2,3)5(7)4-8;1-3-2;2*1-2;/h6,15-17H,3-5,7-14H2,1-2H3,(H,21,23);4-5H,7H2,1-3H3;3H2,1-2H3;1-2H3;1-2H;1H3. The maximum absolute atomic E-state index is 13.4.